The van der Waals surface area contributed by atoms with Gasteiger partial charge in [0.15, 0.2) is 0 Å². The summed E-state index contributed by atoms with van der Waals surface area (Å²) in [5.74, 6) is -0.526. The molecule has 1 radical (unpaired) electrons. The Morgan fingerprint density at radius 1 is 0.960 bits per heavy atom. The highest BCUT2D eigenvalue weighted by Crippen LogP contribution is 2.38. The third-order valence-corrected chi connectivity index (χ3v) is 24.4. The van der Waals surface area contributed by atoms with Crippen molar-refractivity contribution in [2.45, 2.75) is 39.5 Å². The number of hydrogen-bond acceptors (Lipinski definition) is 1. The molecular weight excluding hydrogens is 338 g/mol. The fraction of sp³-hybridized carbons (Fsp3) is 0.286. The first-order valence-electron chi connectivity index (χ1n) is 8.89. The second-order valence-corrected chi connectivity index (χ2v) is 23.5. The molecule has 4 heteroatoms. The largest absolute Gasteiger partial charge is 0.269 e. The van der Waals surface area contributed by atoms with Gasteiger partial charge in [0, 0.05) is 5.56 Å². The summed E-state index contributed by atoms with van der Waals surface area (Å²) >= 11 is 0. The number of carbonyl (C=O) groups excluding carboxylic acids is 1. The van der Waals surface area contributed by atoms with Crippen LogP contribution < -0.4 is 16.1 Å². The molecule has 2 aliphatic rings. The van der Waals surface area contributed by atoms with E-state index in [4.69, 9.17) is 5.73 Å². The molecule has 0 saturated heterocycles. The fourth-order valence-electron chi connectivity index (χ4n) is 4.65. The molecule has 0 saturated carbocycles. The molecule has 0 atom stereocenters. The zero-order chi connectivity index (χ0) is 18.1. The minimum Gasteiger partial charge on any atom is -0.267 e. The Morgan fingerprint density at radius 3 is 2.32 bits per heavy atom. The molecule has 25 heavy (non-hydrogen) atoms. The van der Waals surface area contributed by atoms with Gasteiger partial charge in [-0.1, -0.05) is 67.3 Å². The molecular formula is C21H24NOSi2. The standard InChI is InChI=1S/C21H24NOSi2/c1-13-11-14-7-6-8-15(18(14)12-13)16-9-10-17(21(22)23)20-19(16)24(2,3)25(20,4)5/h6-10,12,22H,11H2,1-5H3. The van der Waals surface area contributed by atoms with Crippen LogP contribution >= 0.6 is 0 Å². The number of fused-ring (bicyclic) bond motifs is 2. The lowest BCUT2D eigenvalue weighted by molar-refractivity contribution is 0.0993. The minimum absolute atomic E-state index is 0.526. The molecule has 0 fully saturated rings. The minimum atomic E-state index is -1.63. The van der Waals surface area contributed by atoms with E-state index in [9.17, 15) is 4.79 Å². The topological polar surface area (TPSA) is 40.9 Å². The van der Waals surface area contributed by atoms with Gasteiger partial charge in [-0.25, -0.2) is 0 Å². The molecule has 2 aromatic rings. The van der Waals surface area contributed by atoms with Crippen molar-refractivity contribution >= 4 is 37.5 Å². The molecule has 1 N–H and O–H groups in total. The maximum Gasteiger partial charge on any atom is 0.269 e. The van der Waals surface area contributed by atoms with Gasteiger partial charge in [0.25, 0.3) is 5.91 Å². The highest BCUT2D eigenvalue weighted by Gasteiger charge is 2.57. The Balaban J connectivity index is 2.04. The summed E-state index contributed by atoms with van der Waals surface area (Å²) in [4.78, 5) is 11.9. The Labute approximate surface area is 151 Å². The average Bonchev–Trinajstić information content (AvgIpc) is 2.93. The van der Waals surface area contributed by atoms with Gasteiger partial charge in [0.05, 0.1) is 15.2 Å². The third-order valence-electron chi connectivity index (χ3n) is 6.61. The van der Waals surface area contributed by atoms with E-state index >= 15 is 0 Å². The highest BCUT2D eigenvalue weighted by atomic mass is 29.3. The Morgan fingerprint density at radius 2 is 1.64 bits per heavy atom. The molecule has 127 valence electrons. The summed E-state index contributed by atoms with van der Waals surface area (Å²) in [7, 11) is -3.20. The van der Waals surface area contributed by atoms with Gasteiger partial charge < -0.3 is 0 Å². The van der Waals surface area contributed by atoms with Crippen LogP contribution in [0.2, 0.25) is 26.2 Å². The molecule has 0 spiro atoms. The maximum absolute atomic E-state index is 11.9. The van der Waals surface area contributed by atoms with E-state index < -0.39 is 21.1 Å². The van der Waals surface area contributed by atoms with Crippen LogP contribution in [0.5, 0.6) is 0 Å². The van der Waals surface area contributed by atoms with E-state index in [1.165, 1.54) is 38.2 Å². The molecule has 4 rings (SSSR count). The van der Waals surface area contributed by atoms with E-state index in [1.54, 1.807) is 0 Å². The van der Waals surface area contributed by atoms with Crippen molar-refractivity contribution in [2.24, 2.45) is 0 Å². The van der Waals surface area contributed by atoms with Crippen LogP contribution in [-0.2, 0) is 6.42 Å². The van der Waals surface area contributed by atoms with Crippen molar-refractivity contribution in [1.29, 1.82) is 0 Å². The summed E-state index contributed by atoms with van der Waals surface area (Å²) in [6.45, 7) is 11.9. The summed E-state index contributed by atoms with van der Waals surface area (Å²) in [6.07, 6.45) is 3.35. The summed E-state index contributed by atoms with van der Waals surface area (Å²) in [5.41, 5.74) is 15.1. The number of hydrogen-bond donors (Lipinski definition) is 0. The van der Waals surface area contributed by atoms with Crippen LogP contribution in [0.3, 0.4) is 0 Å². The molecule has 1 amide bonds. The average molecular weight is 363 g/mol. The van der Waals surface area contributed by atoms with E-state index in [0.29, 0.717) is 5.56 Å². The van der Waals surface area contributed by atoms with Crippen molar-refractivity contribution < 1.29 is 4.79 Å². The Bertz CT molecular complexity index is 970. The first-order valence-corrected chi connectivity index (χ1v) is 15.9. The summed E-state index contributed by atoms with van der Waals surface area (Å²) in [5, 5.41) is 2.70. The SMILES string of the molecule is CC1=Cc2c(cccc2-c2ccc(C([NH])=O)c3c2[Si](C)(C)[Si]3(C)C)C1. The summed E-state index contributed by atoms with van der Waals surface area (Å²) < 4.78 is 0. The molecule has 2 nitrogen and oxygen atoms in total. The van der Waals surface area contributed by atoms with E-state index in [2.05, 4.69) is 63.5 Å². The zero-order valence-electron chi connectivity index (χ0n) is 15.6. The predicted molar refractivity (Wildman–Crippen MR) is 111 cm³/mol. The zero-order valence-corrected chi connectivity index (χ0v) is 17.6. The number of amides is 1. The molecule has 0 unspecified atom stereocenters. The van der Waals surface area contributed by atoms with Crippen LogP contribution in [0.25, 0.3) is 17.2 Å². The second-order valence-electron chi connectivity index (χ2n) is 8.54. The lowest BCUT2D eigenvalue weighted by Gasteiger charge is -2.53. The van der Waals surface area contributed by atoms with Gasteiger partial charge in [-0.15, -0.1) is 0 Å². The first-order chi connectivity index (χ1) is 11.7. The third kappa shape index (κ3) is 2.04. The predicted octanol–water partition coefficient (Wildman–Crippen LogP) is 3.66. The normalized spacial score (nSPS) is 18.8. The van der Waals surface area contributed by atoms with Crippen molar-refractivity contribution in [1.82, 2.24) is 5.73 Å². The van der Waals surface area contributed by atoms with Gasteiger partial charge >= 0.3 is 0 Å². The summed E-state index contributed by atoms with van der Waals surface area (Å²) in [6, 6.07) is 10.6. The van der Waals surface area contributed by atoms with Crippen LogP contribution in [0.15, 0.2) is 35.9 Å². The smallest absolute Gasteiger partial charge is 0.267 e. The van der Waals surface area contributed by atoms with Crippen molar-refractivity contribution in [3.8, 4) is 11.1 Å². The van der Waals surface area contributed by atoms with Gasteiger partial charge in [0.1, 0.15) is 0 Å². The van der Waals surface area contributed by atoms with Gasteiger partial charge in [-0.3, -0.25) is 10.5 Å². The van der Waals surface area contributed by atoms with Crippen LogP contribution in [0.4, 0.5) is 0 Å². The van der Waals surface area contributed by atoms with E-state index in [-0.39, 0.29) is 0 Å². The monoisotopic (exact) mass is 362 g/mol. The molecule has 1 heterocycles. The van der Waals surface area contributed by atoms with Gasteiger partial charge in [-0.2, -0.15) is 0 Å². The molecule has 2 aromatic carbocycles. The Kier molecular flexibility index (Phi) is 3.34. The van der Waals surface area contributed by atoms with Gasteiger partial charge in [-0.05, 0) is 46.9 Å². The number of nitrogens with one attached hydrogen (secondary N) is 1. The lowest BCUT2D eigenvalue weighted by Crippen LogP contribution is -2.86. The second kappa shape index (κ2) is 5.05. The molecule has 1 aliphatic carbocycles. The molecule has 0 bridgehead atoms. The lowest BCUT2D eigenvalue weighted by atomic mass is 9.96. The quantitative estimate of drug-likeness (QED) is 0.752. The number of allylic oxidation sites excluding steroid dienone is 1. The van der Waals surface area contributed by atoms with Crippen molar-refractivity contribution in [3.05, 3.63) is 52.6 Å². The van der Waals surface area contributed by atoms with E-state index in [1.807, 2.05) is 6.07 Å². The molecule has 1 aliphatic heterocycles. The fourth-order valence-corrected chi connectivity index (χ4v) is 15.5. The number of carbonyl (C=O) groups is 1. The van der Waals surface area contributed by atoms with Crippen LogP contribution in [0.1, 0.15) is 28.4 Å². The van der Waals surface area contributed by atoms with Crippen LogP contribution in [-0.4, -0.2) is 21.1 Å². The van der Waals surface area contributed by atoms with E-state index in [0.717, 1.165) is 6.42 Å². The van der Waals surface area contributed by atoms with Crippen LogP contribution in [0, 0.1) is 0 Å². The Hall–Kier alpha value is -1.92. The van der Waals surface area contributed by atoms with Gasteiger partial charge in [0.2, 0.25) is 0 Å². The van der Waals surface area contributed by atoms with Crippen molar-refractivity contribution in [3.63, 3.8) is 0 Å². The maximum atomic E-state index is 11.9. The highest BCUT2D eigenvalue weighted by molar-refractivity contribution is 7.57. The first kappa shape index (κ1) is 16.5. The molecule has 0 aromatic heterocycles. The van der Waals surface area contributed by atoms with Crippen molar-refractivity contribution in [2.75, 3.05) is 0 Å². The number of benzene rings is 2. The number of rotatable bonds is 2.